The quantitative estimate of drug-likeness (QED) is 0.640. The van der Waals surface area contributed by atoms with Crippen molar-refractivity contribution in [2.75, 3.05) is 7.11 Å². The maximum Gasteiger partial charge on any atom is 0.211 e. The average molecular weight is 321 g/mol. The highest BCUT2D eigenvalue weighted by atomic mass is 32.2. The van der Waals surface area contributed by atoms with E-state index in [0.717, 1.165) is 6.33 Å². The summed E-state index contributed by atoms with van der Waals surface area (Å²) in [6.45, 7) is 1.32. The molecule has 2 rings (SSSR count). The Hall–Kier alpha value is -2.32. The molecule has 0 fully saturated rings. The van der Waals surface area contributed by atoms with Crippen molar-refractivity contribution in [3.05, 3.63) is 47.9 Å². The van der Waals surface area contributed by atoms with Gasteiger partial charge in [-0.15, -0.1) is 0 Å². The van der Waals surface area contributed by atoms with E-state index in [9.17, 15) is 13.2 Å². The lowest BCUT2D eigenvalue weighted by atomic mass is 10.1. The first-order chi connectivity index (χ1) is 10.4. The second kappa shape index (κ2) is 6.20. The molecule has 116 valence electrons. The van der Waals surface area contributed by atoms with E-state index >= 15 is 0 Å². The van der Waals surface area contributed by atoms with E-state index in [2.05, 4.69) is 9.97 Å². The lowest BCUT2D eigenvalue weighted by Crippen LogP contribution is -2.29. The molecule has 1 unspecified atom stereocenters. The molecule has 1 heterocycles. The van der Waals surface area contributed by atoms with E-state index in [4.69, 9.17) is 10.5 Å². The normalized spacial score (nSPS) is 12.7. The first kappa shape index (κ1) is 16.1. The molecule has 7 nitrogen and oxygen atoms in total. The van der Waals surface area contributed by atoms with Crippen LogP contribution in [0.4, 0.5) is 0 Å². The van der Waals surface area contributed by atoms with Gasteiger partial charge in [0, 0.05) is 11.8 Å². The summed E-state index contributed by atoms with van der Waals surface area (Å²) in [5.74, 6) is -0.0296. The Labute approximate surface area is 128 Å². The van der Waals surface area contributed by atoms with E-state index in [0.29, 0.717) is 5.75 Å². The first-order valence-electron chi connectivity index (χ1n) is 6.36. The molecule has 0 amide bonds. The maximum atomic E-state index is 12.6. The number of rotatable bonds is 5. The minimum absolute atomic E-state index is 0.118. The molecule has 0 saturated heterocycles. The number of hydrogen-bond acceptors (Lipinski definition) is 7. The minimum atomic E-state index is -3.90. The van der Waals surface area contributed by atoms with Crippen LogP contribution < -0.4 is 10.5 Å². The summed E-state index contributed by atoms with van der Waals surface area (Å²) in [6, 6.07) is 6.38. The largest absolute Gasteiger partial charge is 0.497 e. The van der Waals surface area contributed by atoms with Crippen LogP contribution in [0.3, 0.4) is 0 Å². The summed E-state index contributed by atoms with van der Waals surface area (Å²) in [5.41, 5.74) is 5.63. The first-order valence-corrected chi connectivity index (χ1v) is 7.90. The average Bonchev–Trinajstić information content (AvgIpc) is 2.54. The molecule has 22 heavy (non-hydrogen) atoms. The predicted molar refractivity (Wildman–Crippen MR) is 79.3 cm³/mol. The van der Waals surface area contributed by atoms with Crippen molar-refractivity contribution >= 4 is 15.6 Å². The number of ketones is 1. The number of aromatic nitrogens is 2. The third-order valence-corrected chi connectivity index (χ3v) is 4.85. The summed E-state index contributed by atoms with van der Waals surface area (Å²) < 4.78 is 29.5. The van der Waals surface area contributed by atoms with Gasteiger partial charge in [0.25, 0.3) is 0 Å². The molecule has 0 aliphatic rings. The van der Waals surface area contributed by atoms with E-state index in [1.54, 1.807) is 18.2 Å². The van der Waals surface area contributed by atoms with Gasteiger partial charge in [0.2, 0.25) is 9.84 Å². The Bertz CT molecular complexity index is 803. The molecular formula is C14H15N3O4S. The highest BCUT2D eigenvalue weighted by Gasteiger charge is 2.28. The highest BCUT2D eigenvalue weighted by molar-refractivity contribution is 7.92. The van der Waals surface area contributed by atoms with Gasteiger partial charge in [0.1, 0.15) is 17.5 Å². The lowest BCUT2D eigenvalue weighted by Gasteiger charge is -2.11. The molecule has 0 saturated carbocycles. The molecule has 8 heteroatoms. The van der Waals surface area contributed by atoms with Crippen molar-refractivity contribution in [2.45, 2.75) is 17.3 Å². The summed E-state index contributed by atoms with van der Waals surface area (Å²) in [4.78, 5) is 20.0. The van der Waals surface area contributed by atoms with E-state index < -0.39 is 21.0 Å². The van der Waals surface area contributed by atoms with Crippen LogP contribution in [0.1, 0.15) is 22.8 Å². The fraction of sp³-hybridized carbons (Fsp3) is 0.214. The number of carbonyl (C=O) groups excluding carboxylic acids is 1. The molecule has 0 aliphatic heterocycles. The topological polar surface area (TPSA) is 112 Å². The maximum absolute atomic E-state index is 12.6. The van der Waals surface area contributed by atoms with Gasteiger partial charge < -0.3 is 10.5 Å². The number of methoxy groups -OCH3 is 1. The fourth-order valence-corrected chi connectivity index (χ4v) is 2.79. The van der Waals surface area contributed by atoms with Crippen LogP contribution in [0.15, 0.2) is 41.8 Å². The van der Waals surface area contributed by atoms with Crippen LogP contribution in [-0.2, 0) is 9.84 Å². The second-order valence-electron chi connectivity index (χ2n) is 4.55. The molecule has 0 spiro atoms. The number of sulfone groups is 1. The van der Waals surface area contributed by atoms with Crippen LogP contribution in [0.25, 0.3) is 0 Å². The third kappa shape index (κ3) is 2.97. The zero-order valence-corrected chi connectivity index (χ0v) is 12.9. The summed E-state index contributed by atoms with van der Waals surface area (Å²) in [7, 11) is -2.43. The third-order valence-electron chi connectivity index (χ3n) is 3.01. The van der Waals surface area contributed by atoms with Gasteiger partial charge in [0.15, 0.2) is 10.8 Å². The molecule has 0 aliphatic carbocycles. The van der Waals surface area contributed by atoms with Crippen molar-refractivity contribution in [2.24, 2.45) is 5.73 Å². The Morgan fingerprint density at radius 2 is 2.09 bits per heavy atom. The Kier molecular flexibility index (Phi) is 4.53. The molecule has 0 radical (unpaired) electrons. The molecule has 0 bridgehead atoms. The van der Waals surface area contributed by atoms with Crippen LogP contribution in [-0.4, -0.2) is 36.7 Å². The van der Waals surface area contributed by atoms with Crippen LogP contribution in [0, 0.1) is 0 Å². The SMILES string of the molecule is COc1cccc(C(=O)c2cncnc2S(=O)(=O)C(C)N)c1. The Balaban J connectivity index is 2.56. The smallest absolute Gasteiger partial charge is 0.211 e. The predicted octanol–water partition coefficient (Wildman–Crippen LogP) is 0.795. The van der Waals surface area contributed by atoms with Crippen molar-refractivity contribution in [3.63, 3.8) is 0 Å². The summed E-state index contributed by atoms with van der Waals surface area (Å²) in [6.07, 6.45) is 2.24. The van der Waals surface area contributed by atoms with Gasteiger partial charge in [-0.25, -0.2) is 18.4 Å². The van der Waals surface area contributed by atoms with Crippen LogP contribution in [0.5, 0.6) is 5.75 Å². The fourth-order valence-electron chi connectivity index (χ4n) is 1.80. The molecule has 1 atom stereocenters. The van der Waals surface area contributed by atoms with Crippen molar-refractivity contribution in [1.82, 2.24) is 9.97 Å². The van der Waals surface area contributed by atoms with E-state index in [1.807, 2.05) is 0 Å². The Morgan fingerprint density at radius 3 is 2.73 bits per heavy atom. The molecular weight excluding hydrogens is 306 g/mol. The monoisotopic (exact) mass is 321 g/mol. The van der Waals surface area contributed by atoms with Gasteiger partial charge in [-0.2, -0.15) is 0 Å². The van der Waals surface area contributed by atoms with Gasteiger partial charge >= 0.3 is 0 Å². The second-order valence-corrected chi connectivity index (χ2v) is 6.77. The van der Waals surface area contributed by atoms with Crippen LogP contribution >= 0.6 is 0 Å². The number of carbonyl (C=O) groups is 1. The zero-order chi connectivity index (χ0) is 16.3. The van der Waals surface area contributed by atoms with Crippen molar-refractivity contribution < 1.29 is 17.9 Å². The van der Waals surface area contributed by atoms with Gasteiger partial charge in [-0.1, -0.05) is 12.1 Å². The van der Waals surface area contributed by atoms with Gasteiger partial charge in [-0.3, -0.25) is 4.79 Å². The summed E-state index contributed by atoms with van der Waals surface area (Å²) >= 11 is 0. The highest BCUT2D eigenvalue weighted by Crippen LogP contribution is 2.21. The number of ether oxygens (including phenoxy) is 1. The number of nitrogens with zero attached hydrogens (tertiary/aromatic N) is 2. The summed E-state index contributed by atoms with van der Waals surface area (Å²) in [5, 5.41) is -1.55. The van der Waals surface area contributed by atoms with Gasteiger partial charge in [-0.05, 0) is 19.1 Å². The van der Waals surface area contributed by atoms with E-state index in [1.165, 1.54) is 26.3 Å². The molecule has 2 N–H and O–H groups in total. The Morgan fingerprint density at radius 1 is 1.36 bits per heavy atom. The standard InChI is InChI=1S/C14H15N3O4S/c1-9(15)22(19,20)14-12(7-16-8-17-14)13(18)10-4-3-5-11(6-10)21-2/h3-9H,15H2,1-2H3. The molecule has 1 aromatic heterocycles. The van der Waals surface area contributed by atoms with Gasteiger partial charge in [0.05, 0.1) is 12.7 Å². The zero-order valence-electron chi connectivity index (χ0n) is 12.1. The number of hydrogen-bond donors (Lipinski definition) is 1. The van der Waals surface area contributed by atoms with Crippen molar-refractivity contribution in [1.29, 1.82) is 0 Å². The molecule has 2 aromatic rings. The minimum Gasteiger partial charge on any atom is -0.497 e. The van der Waals surface area contributed by atoms with Crippen LogP contribution in [0.2, 0.25) is 0 Å². The van der Waals surface area contributed by atoms with Crippen molar-refractivity contribution in [3.8, 4) is 5.75 Å². The lowest BCUT2D eigenvalue weighted by molar-refractivity contribution is 0.103. The van der Waals surface area contributed by atoms with E-state index in [-0.39, 0.29) is 16.2 Å². The number of benzene rings is 1. The number of nitrogens with two attached hydrogens (primary N) is 1. The molecule has 1 aromatic carbocycles.